The molecule has 0 aliphatic rings. The van der Waals surface area contributed by atoms with Gasteiger partial charge in [-0.1, -0.05) is 35.0 Å². The van der Waals surface area contributed by atoms with Gasteiger partial charge < -0.3 is 9.94 Å². The van der Waals surface area contributed by atoms with Gasteiger partial charge in [-0.25, -0.2) is 4.39 Å². The molecule has 2 aromatic carbocycles. The SMILES string of the molecule is C/C(=N/O)c1ccccc1OCc1ccc(Cl)cc1F. The molecule has 0 aliphatic heterocycles. The van der Waals surface area contributed by atoms with E-state index in [1.807, 2.05) is 0 Å². The van der Waals surface area contributed by atoms with Gasteiger partial charge >= 0.3 is 0 Å². The van der Waals surface area contributed by atoms with E-state index in [0.717, 1.165) is 0 Å². The molecular weight excluding hydrogens is 281 g/mol. The molecule has 0 amide bonds. The zero-order chi connectivity index (χ0) is 14.5. The number of para-hydroxylation sites is 1. The van der Waals surface area contributed by atoms with Crippen LogP contribution in [0.1, 0.15) is 18.1 Å². The van der Waals surface area contributed by atoms with E-state index in [1.165, 1.54) is 6.07 Å². The summed E-state index contributed by atoms with van der Waals surface area (Å²) in [6, 6.07) is 11.5. The lowest BCUT2D eigenvalue weighted by Crippen LogP contribution is -2.03. The van der Waals surface area contributed by atoms with Crippen LogP contribution in [0.3, 0.4) is 0 Å². The van der Waals surface area contributed by atoms with Crippen LogP contribution in [0.5, 0.6) is 5.75 Å². The third kappa shape index (κ3) is 3.27. The van der Waals surface area contributed by atoms with Gasteiger partial charge in [-0.2, -0.15) is 0 Å². The zero-order valence-electron chi connectivity index (χ0n) is 10.8. The van der Waals surface area contributed by atoms with Gasteiger partial charge in [-0.3, -0.25) is 0 Å². The Morgan fingerprint density at radius 1 is 1.30 bits per heavy atom. The average Bonchev–Trinajstić information content (AvgIpc) is 2.46. The minimum atomic E-state index is -0.414. The first kappa shape index (κ1) is 14.3. The summed E-state index contributed by atoms with van der Waals surface area (Å²) < 4.78 is 19.2. The maximum Gasteiger partial charge on any atom is 0.131 e. The molecule has 3 nitrogen and oxygen atoms in total. The van der Waals surface area contributed by atoms with Crippen LogP contribution >= 0.6 is 11.6 Å². The Morgan fingerprint density at radius 3 is 2.75 bits per heavy atom. The van der Waals surface area contributed by atoms with E-state index in [9.17, 15) is 4.39 Å². The number of hydrogen-bond acceptors (Lipinski definition) is 3. The number of nitrogens with zero attached hydrogens (tertiary/aromatic N) is 1. The van der Waals surface area contributed by atoms with Gasteiger partial charge in [0.2, 0.25) is 0 Å². The fraction of sp³-hybridized carbons (Fsp3) is 0.133. The number of rotatable bonds is 4. The van der Waals surface area contributed by atoms with Crippen LogP contribution in [-0.2, 0) is 6.61 Å². The minimum absolute atomic E-state index is 0.0682. The second-order valence-electron chi connectivity index (χ2n) is 4.21. The standard InChI is InChI=1S/C15H13ClFNO2/c1-10(18-19)13-4-2-3-5-15(13)20-9-11-6-7-12(16)8-14(11)17/h2-8,19H,9H2,1H3/b18-10-. The van der Waals surface area contributed by atoms with Gasteiger partial charge in [-0.15, -0.1) is 0 Å². The molecule has 0 fully saturated rings. The first-order valence-corrected chi connectivity index (χ1v) is 6.34. The zero-order valence-corrected chi connectivity index (χ0v) is 11.6. The Kier molecular flexibility index (Phi) is 4.58. The summed E-state index contributed by atoms with van der Waals surface area (Å²) in [6.45, 7) is 1.73. The summed E-state index contributed by atoms with van der Waals surface area (Å²) in [5.41, 5.74) is 1.49. The number of benzene rings is 2. The first-order valence-electron chi connectivity index (χ1n) is 5.96. The number of halogens is 2. The molecule has 20 heavy (non-hydrogen) atoms. The van der Waals surface area contributed by atoms with Crippen LogP contribution in [0.25, 0.3) is 0 Å². The van der Waals surface area contributed by atoms with Crippen LogP contribution in [0, 0.1) is 5.82 Å². The second kappa shape index (κ2) is 6.39. The summed E-state index contributed by atoms with van der Waals surface area (Å²) in [6.07, 6.45) is 0. The Bertz CT molecular complexity index is 644. The molecule has 0 saturated carbocycles. The highest BCUT2D eigenvalue weighted by Gasteiger charge is 2.09. The van der Waals surface area contributed by atoms with Crippen LogP contribution in [0.2, 0.25) is 5.02 Å². The summed E-state index contributed by atoms with van der Waals surface area (Å²) in [4.78, 5) is 0. The third-order valence-corrected chi connectivity index (χ3v) is 3.06. The molecule has 5 heteroatoms. The van der Waals surface area contributed by atoms with Crippen molar-refractivity contribution in [3.05, 3.63) is 64.4 Å². The van der Waals surface area contributed by atoms with E-state index in [2.05, 4.69) is 5.16 Å². The molecule has 0 saturated heterocycles. The Hall–Kier alpha value is -2.07. The smallest absolute Gasteiger partial charge is 0.131 e. The van der Waals surface area contributed by atoms with E-state index in [1.54, 1.807) is 43.3 Å². The topological polar surface area (TPSA) is 41.8 Å². The third-order valence-electron chi connectivity index (χ3n) is 2.83. The van der Waals surface area contributed by atoms with E-state index in [0.29, 0.717) is 27.6 Å². The van der Waals surface area contributed by atoms with E-state index in [-0.39, 0.29) is 6.61 Å². The summed E-state index contributed by atoms with van der Waals surface area (Å²) >= 11 is 5.70. The largest absolute Gasteiger partial charge is 0.488 e. The summed E-state index contributed by atoms with van der Waals surface area (Å²) in [5.74, 6) is 0.111. The summed E-state index contributed by atoms with van der Waals surface area (Å²) in [5, 5.41) is 12.3. The number of ether oxygens (including phenoxy) is 1. The quantitative estimate of drug-likeness (QED) is 0.520. The van der Waals surface area contributed by atoms with Crippen molar-refractivity contribution in [3.8, 4) is 5.75 Å². The number of oxime groups is 1. The maximum absolute atomic E-state index is 13.7. The summed E-state index contributed by atoms with van der Waals surface area (Å²) in [7, 11) is 0. The van der Waals surface area contributed by atoms with Crippen molar-refractivity contribution in [2.75, 3.05) is 0 Å². The van der Waals surface area contributed by atoms with E-state index < -0.39 is 5.82 Å². The molecule has 2 aromatic rings. The van der Waals surface area contributed by atoms with Crippen molar-refractivity contribution in [1.82, 2.24) is 0 Å². The Morgan fingerprint density at radius 2 is 2.05 bits per heavy atom. The molecular formula is C15H13ClFNO2. The predicted octanol–water partition coefficient (Wildman–Crippen LogP) is 4.26. The molecule has 1 N–H and O–H groups in total. The fourth-order valence-corrected chi connectivity index (χ4v) is 1.90. The van der Waals surface area contributed by atoms with Gasteiger partial charge in [0.25, 0.3) is 0 Å². The molecule has 0 unspecified atom stereocenters. The van der Waals surface area contributed by atoms with Crippen molar-refractivity contribution in [2.45, 2.75) is 13.5 Å². The van der Waals surface area contributed by atoms with Crippen LogP contribution in [0.15, 0.2) is 47.6 Å². The number of hydrogen-bond donors (Lipinski definition) is 1. The molecule has 0 radical (unpaired) electrons. The first-order chi connectivity index (χ1) is 9.61. The monoisotopic (exact) mass is 293 g/mol. The highest BCUT2D eigenvalue weighted by Crippen LogP contribution is 2.22. The van der Waals surface area contributed by atoms with Gasteiger partial charge in [0.15, 0.2) is 0 Å². The van der Waals surface area contributed by atoms with E-state index in [4.69, 9.17) is 21.5 Å². The molecule has 0 atom stereocenters. The molecule has 0 heterocycles. The van der Waals surface area contributed by atoms with Crippen LogP contribution < -0.4 is 4.74 Å². The Balaban J connectivity index is 2.19. The van der Waals surface area contributed by atoms with Crippen LogP contribution in [0.4, 0.5) is 4.39 Å². The lowest BCUT2D eigenvalue weighted by atomic mass is 10.1. The Labute approximate surface area is 121 Å². The minimum Gasteiger partial charge on any atom is -0.488 e. The van der Waals surface area contributed by atoms with Crippen molar-refractivity contribution >= 4 is 17.3 Å². The lowest BCUT2D eigenvalue weighted by molar-refractivity contribution is 0.297. The molecule has 2 rings (SSSR count). The molecule has 0 aliphatic carbocycles. The van der Waals surface area contributed by atoms with Crippen molar-refractivity contribution < 1.29 is 14.3 Å². The molecule has 104 valence electrons. The van der Waals surface area contributed by atoms with Crippen molar-refractivity contribution in [2.24, 2.45) is 5.16 Å². The van der Waals surface area contributed by atoms with Crippen LogP contribution in [-0.4, -0.2) is 10.9 Å². The highest BCUT2D eigenvalue weighted by atomic mass is 35.5. The molecule has 0 spiro atoms. The fourth-order valence-electron chi connectivity index (χ4n) is 1.74. The van der Waals surface area contributed by atoms with Crippen molar-refractivity contribution in [3.63, 3.8) is 0 Å². The van der Waals surface area contributed by atoms with Gasteiger partial charge in [0.05, 0.1) is 5.71 Å². The van der Waals surface area contributed by atoms with E-state index >= 15 is 0 Å². The normalized spacial score (nSPS) is 11.4. The maximum atomic E-state index is 13.7. The van der Waals surface area contributed by atoms with Gasteiger partial charge in [-0.05, 0) is 31.2 Å². The molecule has 0 aromatic heterocycles. The van der Waals surface area contributed by atoms with Gasteiger partial charge in [0.1, 0.15) is 18.2 Å². The molecule has 0 bridgehead atoms. The highest BCUT2D eigenvalue weighted by molar-refractivity contribution is 6.30. The predicted molar refractivity (Wildman–Crippen MR) is 76.2 cm³/mol. The van der Waals surface area contributed by atoms with Crippen molar-refractivity contribution in [1.29, 1.82) is 0 Å². The van der Waals surface area contributed by atoms with Gasteiger partial charge in [0, 0.05) is 16.1 Å². The second-order valence-corrected chi connectivity index (χ2v) is 4.64. The lowest BCUT2D eigenvalue weighted by Gasteiger charge is -2.11. The average molecular weight is 294 g/mol.